The minimum absolute atomic E-state index is 0.107. The first-order chi connectivity index (χ1) is 15.4. The quantitative estimate of drug-likeness (QED) is 0.627. The fraction of sp³-hybridized carbons (Fsp3) is 0.682. The molecule has 2 amide bonds. The molecule has 0 aliphatic carbocycles. The average molecular weight is 469 g/mol. The summed E-state index contributed by atoms with van der Waals surface area (Å²) in [5.41, 5.74) is 0. The van der Waals surface area contributed by atoms with E-state index in [1.165, 1.54) is 10.4 Å². The normalized spacial score (nSPS) is 20.7. The molecule has 0 aromatic heterocycles. The van der Waals surface area contributed by atoms with Crippen molar-refractivity contribution in [1.82, 2.24) is 19.4 Å². The van der Waals surface area contributed by atoms with Crippen molar-refractivity contribution in [3.05, 3.63) is 18.2 Å². The number of amides is 2. The smallest absolute Gasteiger partial charge is 0.317 e. The number of urea groups is 1. The molecule has 1 unspecified atom stereocenters. The molecule has 0 saturated carbocycles. The Morgan fingerprint density at radius 1 is 1.03 bits per heavy atom. The number of nitrogens with zero attached hydrogens (tertiary/aromatic N) is 3. The first-order valence-electron chi connectivity index (χ1n) is 11.6. The van der Waals surface area contributed by atoms with Crippen LogP contribution in [-0.4, -0.2) is 93.6 Å². The van der Waals surface area contributed by atoms with Crippen LogP contribution in [0.4, 0.5) is 4.79 Å². The highest BCUT2D eigenvalue weighted by Crippen LogP contribution is 2.31. The van der Waals surface area contributed by atoms with Gasteiger partial charge in [-0.05, 0) is 51.9 Å². The van der Waals surface area contributed by atoms with Gasteiger partial charge in [0, 0.05) is 44.8 Å². The Balaban J connectivity index is 1.60. The maximum Gasteiger partial charge on any atom is 0.317 e. The van der Waals surface area contributed by atoms with Crippen LogP contribution < -0.4 is 14.8 Å². The first kappa shape index (κ1) is 24.6. The summed E-state index contributed by atoms with van der Waals surface area (Å²) >= 11 is 0. The van der Waals surface area contributed by atoms with Crippen molar-refractivity contribution in [1.29, 1.82) is 0 Å². The summed E-state index contributed by atoms with van der Waals surface area (Å²) in [6.07, 6.45) is 2.06. The monoisotopic (exact) mass is 468 g/mol. The highest BCUT2D eigenvalue weighted by Gasteiger charge is 2.32. The molecular weight excluding hydrogens is 432 g/mol. The van der Waals surface area contributed by atoms with Crippen molar-refractivity contribution in [3.63, 3.8) is 0 Å². The Bertz CT molecular complexity index is 871. The standard InChI is InChI=1S/C22H36N4O5S/c1-4-24-11-7-8-18(17-24)23-22(27)25-12-14-26(15-13-25)32(28,29)19-9-10-20(30-5-2)21(16-19)31-6-3/h9-10,16,18H,4-8,11-15,17H2,1-3H3,(H,23,27). The molecule has 2 fully saturated rings. The molecule has 2 saturated heterocycles. The highest BCUT2D eigenvalue weighted by atomic mass is 32.2. The van der Waals surface area contributed by atoms with Crippen molar-refractivity contribution in [3.8, 4) is 11.5 Å². The minimum Gasteiger partial charge on any atom is -0.490 e. The lowest BCUT2D eigenvalue weighted by Gasteiger charge is -2.37. The summed E-state index contributed by atoms with van der Waals surface area (Å²) in [7, 11) is -3.69. The van der Waals surface area contributed by atoms with Crippen LogP contribution in [0.15, 0.2) is 23.1 Å². The number of likely N-dealkylation sites (tertiary alicyclic amines) is 1. The summed E-state index contributed by atoms with van der Waals surface area (Å²) in [6, 6.07) is 4.74. The van der Waals surface area contributed by atoms with E-state index >= 15 is 0 Å². The fourth-order valence-electron chi connectivity index (χ4n) is 4.20. The van der Waals surface area contributed by atoms with Crippen LogP contribution in [-0.2, 0) is 10.0 Å². The highest BCUT2D eigenvalue weighted by molar-refractivity contribution is 7.89. The van der Waals surface area contributed by atoms with Gasteiger partial charge in [-0.25, -0.2) is 13.2 Å². The molecule has 32 heavy (non-hydrogen) atoms. The van der Waals surface area contributed by atoms with E-state index in [4.69, 9.17) is 9.47 Å². The second kappa shape index (κ2) is 11.2. The lowest BCUT2D eigenvalue weighted by Crippen LogP contribution is -2.56. The van der Waals surface area contributed by atoms with Crippen LogP contribution in [0.2, 0.25) is 0 Å². The maximum absolute atomic E-state index is 13.2. The van der Waals surface area contributed by atoms with E-state index in [9.17, 15) is 13.2 Å². The maximum atomic E-state index is 13.2. The Morgan fingerprint density at radius 3 is 2.38 bits per heavy atom. The van der Waals surface area contributed by atoms with Gasteiger partial charge in [0.2, 0.25) is 10.0 Å². The van der Waals surface area contributed by atoms with Gasteiger partial charge in [0.1, 0.15) is 0 Å². The molecule has 1 atom stereocenters. The van der Waals surface area contributed by atoms with E-state index in [1.807, 2.05) is 13.8 Å². The third-order valence-electron chi connectivity index (χ3n) is 5.96. The second-order valence-electron chi connectivity index (χ2n) is 8.05. The largest absolute Gasteiger partial charge is 0.490 e. The zero-order chi connectivity index (χ0) is 23.1. The summed E-state index contributed by atoms with van der Waals surface area (Å²) < 4.78 is 38.9. The number of benzene rings is 1. The van der Waals surface area contributed by atoms with Crippen molar-refractivity contribution in [2.24, 2.45) is 0 Å². The number of sulfonamides is 1. The summed E-state index contributed by atoms with van der Waals surface area (Å²) in [5.74, 6) is 0.946. The Labute approximate surface area is 191 Å². The molecule has 1 N–H and O–H groups in total. The molecule has 2 aliphatic heterocycles. The van der Waals surface area contributed by atoms with E-state index in [-0.39, 0.29) is 30.1 Å². The predicted molar refractivity (Wildman–Crippen MR) is 123 cm³/mol. The average Bonchev–Trinajstić information content (AvgIpc) is 2.80. The molecule has 180 valence electrons. The van der Waals surface area contributed by atoms with E-state index in [2.05, 4.69) is 17.1 Å². The SMILES string of the molecule is CCOc1ccc(S(=O)(=O)N2CCN(C(=O)NC3CCCN(CC)C3)CC2)cc1OCC. The van der Waals surface area contributed by atoms with Crippen LogP contribution in [0.3, 0.4) is 0 Å². The number of nitrogens with one attached hydrogen (secondary N) is 1. The second-order valence-corrected chi connectivity index (χ2v) is 9.99. The van der Waals surface area contributed by atoms with Crippen molar-refractivity contribution < 1.29 is 22.7 Å². The van der Waals surface area contributed by atoms with Crippen LogP contribution in [0.25, 0.3) is 0 Å². The number of carbonyl (C=O) groups excluding carboxylic acids is 1. The van der Waals surface area contributed by atoms with Gasteiger partial charge in [0.05, 0.1) is 18.1 Å². The molecule has 1 aromatic carbocycles. The third kappa shape index (κ3) is 5.85. The number of piperazine rings is 1. The van der Waals surface area contributed by atoms with Gasteiger partial charge < -0.3 is 24.6 Å². The van der Waals surface area contributed by atoms with Gasteiger partial charge in [-0.2, -0.15) is 4.31 Å². The number of rotatable bonds is 8. The molecule has 10 heteroatoms. The molecule has 0 radical (unpaired) electrons. The minimum atomic E-state index is -3.69. The third-order valence-corrected chi connectivity index (χ3v) is 7.85. The predicted octanol–water partition coefficient (Wildman–Crippen LogP) is 1.98. The number of hydrogen-bond acceptors (Lipinski definition) is 6. The first-order valence-corrected chi connectivity index (χ1v) is 13.0. The molecule has 3 rings (SSSR count). The van der Waals surface area contributed by atoms with Gasteiger partial charge in [-0.3, -0.25) is 0 Å². The van der Waals surface area contributed by atoms with E-state index in [0.717, 1.165) is 32.5 Å². The van der Waals surface area contributed by atoms with Gasteiger partial charge in [-0.1, -0.05) is 6.92 Å². The van der Waals surface area contributed by atoms with Crippen LogP contribution in [0, 0.1) is 0 Å². The van der Waals surface area contributed by atoms with Crippen LogP contribution >= 0.6 is 0 Å². The van der Waals surface area contributed by atoms with Crippen molar-refractivity contribution >= 4 is 16.1 Å². The number of ether oxygens (including phenoxy) is 2. The number of carbonyl (C=O) groups is 1. The molecule has 0 spiro atoms. The number of hydrogen-bond donors (Lipinski definition) is 1. The number of piperidine rings is 1. The summed E-state index contributed by atoms with van der Waals surface area (Å²) in [5, 5.41) is 3.12. The Kier molecular flexibility index (Phi) is 8.61. The van der Waals surface area contributed by atoms with E-state index < -0.39 is 10.0 Å². The van der Waals surface area contributed by atoms with Crippen LogP contribution in [0.5, 0.6) is 11.5 Å². The number of likely N-dealkylation sites (N-methyl/N-ethyl adjacent to an activating group) is 1. The topological polar surface area (TPSA) is 91.4 Å². The van der Waals surface area contributed by atoms with Gasteiger partial charge in [0.15, 0.2) is 11.5 Å². The lowest BCUT2D eigenvalue weighted by atomic mass is 10.1. The zero-order valence-corrected chi connectivity index (χ0v) is 20.2. The molecule has 9 nitrogen and oxygen atoms in total. The Hall–Kier alpha value is -2.04. The molecule has 0 bridgehead atoms. The van der Waals surface area contributed by atoms with Crippen molar-refractivity contribution in [2.75, 3.05) is 59.0 Å². The van der Waals surface area contributed by atoms with Gasteiger partial charge >= 0.3 is 6.03 Å². The van der Waals surface area contributed by atoms with Gasteiger partial charge in [-0.15, -0.1) is 0 Å². The zero-order valence-electron chi connectivity index (χ0n) is 19.4. The van der Waals surface area contributed by atoms with Gasteiger partial charge in [0.25, 0.3) is 0 Å². The van der Waals surface area contributed by atoms with E-state index in [0.29, 0.717) is 37.8 Å². The molecule has 2 aliphatic rings. The summed E-state index contributed by atoms with van der Waals surface area (Å²) in [4.78, 5) is 16.9. The van der Waals surface area contributed by atoms with E-state index in [1.54, 1.807) is 17.0 Å². The lowest BCUT2D eigenvalue weighted by molar-refractivity contribution is 0.154. The summed E-state index contributed by atoms with van der Waals surface area (Å²) in [6.45, 7) is 10.9. The molecular formula is C22H36N4O5S. The van der Waals surface area contributed by atoms with Crippen molar-refractivity contribution in [2.45, 2.75) is 44.6 Å². The molecule has 2 heterocycles. The fourth-order valence-corrected chi connectivity index (χ4v) is 5.64. The van der Waals surface area contributed by atoms with Crippen LogP contribution in [0.1, 0.15) is 33.6 Å². The Morgan fingerprint density at radius 2 is 1.72 bits per heavy atom. The molecule has 1 aromatic rings.